The Morgan fingerprint density at radius 3 is 2.79 bits per heavy atom. The number of hydrogen-bond donors (Lipinski definition) is 1. The molecule has 0 fully saturated rings. The van der Waals surface area contributed by atoms with Crippen LogP contribution < -0.4 is 10.3 Å². The van der Waals surface area contributed by atoms with Crippen molar-refractivity contribution < 1.29 is 14.6 Å². The van der Waals surface area contributed by atoms with Crippen LogP contribution in [0.2, 0.25) is 0 Å². The molecule has 0 radical (unpaired) electrons. The minimum Gasteiger partial charge on any atom is -0.497 e. The molecule has 3 rings (SSSR count). The second-order valence-corrected chi connectivity index (χ2v) is 5.08. The number of carboxylic acids is 1. The average Bonchev–Trinajstić information content (AvgIpc) is 2.60. The van der Waals surface area contributed by atoms with Gasteiger partial charge in [-0.2, -0.15) is 0 Å². The van der Waals surface area contributed by atoms with Crippen LogP contribution in [0.3, 0.4) is 0 Å². The van der Waals surface area contributed by atoms with Crippen LogP contribution in [0.15, 0.2) is 53.5 Å². The maximum atomic E-state index is 12.2. The highest BCUT2D eigenvalue weighted by molar-refractivity contribution is 5.87. The Labute approximate surface area is 137 Å². The molecule has 6 heteroatoms. The van der Waals surface area contributed by atoms with Gasteiger partial charge in [-0.05, 0) is 35.9 Å². The molecule has 0 aliphatic carbocycles. The van der Waals surface area contributed by atoms with Crippen LogP contribution in [-0.2, 0) is 0 Å². The van der Waals surface area contributed by atoms with Crippen molar-refractivity contribution in [2.45, 2.75) is 0 Å². The number of ether oxygens (including phenoxy) is 1. The number of aromatic nitrogens is 2. The highest BCUT2D eigenvalue weighted by atomic mass is 16.5. The third kappa shape index (κ3) is 3.17. The molecular formula is C18H14N2O4. The number of fused-ring (bicyclic) bond motifs is 1. The van der Waals surface area contributed by atoms with Gasteiger partial charge in [0.05, 0.1) is 18.4 Å². The fraction of sp³-hybridized carbons (Fsp3) is 0.0556. The van der Waals surface area contributed by atoms with E-state index in [1.807, 2.05) is 30.3 Å². The number of benzene rings is 1. The SMILES string of the molecule is COc1cccc(/C=C/c2cc(=O)n3cc(C(=O)O)ccc3n2)c1. The first kappa shape index (κ1) is 15.5. The van der Waals surface area contributed by atoms with E-state index >= 15 is 0 Å². The molecule has 120 valence electrons. The maximum absolute atomic E-state index is 12.2. The molecule has 1 aromatic carbocycles. The van der Waals surface area contributed by atoms with Gasteiger partial charge >= 0.3 is 5.97 Å². The van der Waals surface area contributed by atoms with E-state index < -0.39 is 5.97 Å². The molecule has 24 heavy (non-hydrogen) atoms. The molecule has 2 aromatic heterocycles. The van der Waals surface area contributed by atoms with E-state index in [1.165, 1.54) is 28.8 Å². The third-order valence-electron chi connectivity index (χ3n) is 3.47. The van der Waals surface area contributed by atoms with E-state index in [4.69, 9.17) is 9.84 Å². The van der Waals surface area contributed by atoms with Gasteiger partial charge in [0.2, 0.25) is 0 Å². The molecule has 0 amide bonds. The minimum atomic E-state index is -1.09. The standard InChI is InChI=1S/C18H14N2O4/c1-24-15-4-2-3-12(9-15)5-7-14-10-17(21)20-11-13(18(22)23)6-8-16(20)19-14/h2-11H,1H3,(H,22,23)/b7-5+. The Balaban J connectivity index is 1.98. The average molecular weight is 322 g/mol. The predicted octanol–water partition coefficient (Wildman–Crippen LogP) is 2.57. The topological polar surface area (TPSA) is 80.9 Å². The van der Waals surface area contributed by atoms with Crippen LogP contribution in [0.25, 0.3) is 17.8 Å². The van der Waals surface area contributed by atoms with E-state index in [9.17, 15) is 9.59 Å². The molecule has 0 aliphatic rings. The monoisotopic (exact) mass is 322 g/mol. The van der Waals surface area contributed by atoms with E-state index in [-0.39, 0.29) is 11.1 Å². The van der Waals surface area contributed by atoms with Gasteiger partial charge in [0.1, 0.15) is 11.4 Å². The number of nitrogens with zero attached hydrogens (tertiary/aromatic N) is 2. The summed E-state index contributed by atoms with van der Waals surface area (Å²) in [5.41, 5.74) is 1.49. The van der Waals surface area contributed by atoms with Gasteiger partial charge in [-0.25, -0.2) is 9.78 Å². The molecule has 0 bridgehead atoms. The maximum Gasteiger partial charge on any atom is 0.337 e. The Morgan fingerprint density at radius 1 is 1.21 bits per heavy atom. The summed E-state index contributed by atoms with van der Waals surface area (Å²) in [6, 6.07) is 11.8. The van der Waals surface area contributed by atoms with Gasteiger partial charge in [-0.1, -0.05) is 18.2 Å². The Bertz CT molecular complexity index is 1010. The van der Waals surface area contributed by atoms with Crippen LogP contribution in [-0.4, -0.2) is 27.6 Å². The van der Waals surface area contributed by atoms with Gasteiger partial charge < -0.3 is 9.84 Å². The lowest BCUT2D eigenvalue weighted by Crippen LogP contribution is -2.15. The zero-order chi connectivity index (χ0) is 17.1. The van der Waals surface area contributed by atoms with Gasteiger partial charge in [-0.3, -0.25) is 9.20 Å². The van der Waals surface area contributed by atoms with Crippen LogP contribution in [0.1, 0.15) is 21.6 Å². The summed E-state index contributed by atoms with van der Waals surface area (Å²) in [6.45, 7) is 0. The molecule has 6 nitrogen and oxygen atoms in total. The predicted molar refractivity (Wildman–Crippen MR) is 90.3 cm³/mol. The van der Waals surface area contributed by atoms with Crippen molar-refractivity contribution in [3.05, 3.63) is 75.8 Å². The number of rotatable bonds is 4. The Kier molecular flexibility index (Phi) is 4.11. The third-order valence-corrected chi connectivity index (χ3v) is 3.47. The molecule has 0 aliphatic heterocycles. The molecule has 0 unspecified atom stereocenters. The normalized spacial score (nSPS) is 11.0. The summed E-state index contributed by atoms with van der Waals surface area (Å²) in [5.74, 6) is -0.351. The molecule has 0 saturated carbocycles. The van der Waals surface area contributed by atoms with Crippen molar-refractivity contribution >= 4 is 23.8 Å². The highest BCUT2D eigenvalue weighted by Gasteiger charge is 2.06. The van der Waals surface area contributed by atoms with Crippen molar-refractivity contribution in [3.8, 4) is 5.75 Å². The largest absolute Gasteiger partial charge is 0.497 e. The van der Waals surface area contributed by atoms with Crippen molar-refractivity contribution in [1.29, 1.82) is 0 Å². The minimum absolute atomic E-state index is 0.0334. The molecule has 1 N–H and O–H groups in total. The molecule has 0 saturated heterocycles. The second kappa shape index (κ2) is 6.37. The van der Waals surface area contributed by atoms with Gasteiger partial charge in [0.25, 0.3) is 5.56 Å². The summed E-state index contributed by atoms with van der Waals surface area (Å²) in [7, 11) is 1.60. The van der Waals surface area contributed by atoms with Gasteiger partial charge in [0.15, 0.2) is 0 Å². The van der Waals surface area contributed by atoms with Crippen molar-refractivity contribution in [1.82, 2.24) is 9.38 Å². The van der Waals surface area contributed by atoms with Gasteiger partial charge in [-0.15, -0.1) is 0 Å². The Hall–Kier alpha value is -3.41. The summed E-state index contributed by atoms with van der Waals surface area (Å²) in [4.78, 5) is 27.5. The molecule has 0 atom stereocenters. The highest BCUT2D eigenvalue weighted by Crippen LogP contribution is 2.14. The first-order chi connectivity index (χ1) is 11.6. The summed E-state index contributed by atoms with van der Waals surface area (Å²) < 4.78 is 6.38. The quantitative estimate of drug-likeness (QED) is 0.798. The summed E-state index contributed by atoms with van der Waals surface area (Å²) in [6.07, 6.45) is 4.82. The van der Waals surface area contributed by atoms with E-state index in [0.717, 1.165) is 11.3 Å². The van der Waals surface area contributed by atoms with Gasteiger partial charge in [0, 0.05) is 12.3 Å². The van der Waals surface area contributed by atoms with E-state index in [1.54, 1.807) is 13.2 Å². The fourth-order valence-corrected chi connectivity index (χ4v) is 2.26. The lowest BCUT2D eigenvalue weighted by molar-refractivity contribution is 0.0696. The first-order valence-corrected chi connectivity index (χ1v) is 7.16. The molecule has 3 aromatic rings. The number of aromatic carboxylic acids is 1. The zero-order valence-electron chi connectivity index (χ0n) is 12.8. The zero-order valence-corrected chi connectivity index (χ0v) is 12.8. The van der Waals surface area contributed by atoms with Crippen LogP contribution in [0.4, 0.5) is 0 Å². The second-order valence-electron chi connectivity index (χ2n) is 5.08. The number of carboxylic acid groups (broad SMARTS) is 1. The van der Waals surface area contributed by atoms with Crippen molar-refractivity contribution in [3.63, 3.8) is 0 Å². The van der Waals surface area contributed by atoms with E-state index in [2.05, 4.69) is 4.98 Å². The van der Waals surface area contributed by atoms with E-state index in [0.29, 0.717) is 11.3 Å². The number of pyridine rings is 1. The number of carbonyl (C=O) groups is 1. The van der Waals surface area contributed by atoms with Crippen LogP contribution >= 0.6 is 0 Å². The molecule has 0 spiro atoms. The van der Waals surface area contributed by atoms with Crippen LogP contribution in [0.5, 0.6) is 5.75 Å². The fourth-order valence-electron chi connectivity index (χ4n) is 2.26. The Morgan fingerprint density at radius 2 is 2.04 bits per heavy atom. The first-order valence-electron chi connectivity index (χ1n) is 7.16. The number of methoxy groups -OCH3 is 1. The van der Waals surface area contributed by atoms with Crippen LogP contribution in [0, 0.1) is 0 Å². The lowest BCUT2D eigenvalue weighted by atomic mass is 10.2. The smallest absolute Gasteiger partial charge is 0.337 e. The summed E-state index contributed by atoms with van der Waals surface area (Å²) >= 11 is 0. The van der Waals surface area contributed by atoms with Crippen molar-refractivity contribution in [2.24, 2.45) is 0 Å². The lowest BCUT2D eigenvalue weighted by Gasteiger charge is -2.03. The molecule has 2 heterocycles. The molecular weight excluding hydrogens is 308 g/mol. The number of hydrogen-bond acceptors (Lipinski definition) is 4. The van der Waals surface area contributed by atoms with Crippen molar-refractivity contribution in [2.75, 3.05) is 7.11 Å². The summed E-state index contributed by atoms with van der Waals surface area (Å²) in [5, 5.41) is 8.99.